The first-order valence-electron chi connectivity index (χ1n) is 6.22. The molecule has 2 heterocycles. The number of aldehydes is 1. The van der Waals surface area contributed by atoms with E-state index in [9.17, 15) is 9.90 Å². The number of rotatable bonds is 2. The molecule has 2 rings (SSSR count). The second-order valence-corrected chi connectivity index (χ2v) is 7.54. The van der Waals surface area contributed by atoms with Crippen molar-refractivity contribution in [1.82, 2.24) is 5.32 Å². The Morgan fingerprint density at radius 2 is 1.83 bits per heavy atom. The van der Waals surface area contributed by atoms with E-state index in [1.165, 1.54) is 11.3 Å². The number of hydrogen-bond donors (Lipinski definition) is 2. The zero-order chi connectivity index (χ0) is 13.6. The summed E-state index contributed by atoms with van der Waals surface area (Å²) in [7, 11) is 0. The van der Waals surface area contributed by atoms with Crippen LogP contribution in [0.4, 0.5) is 0 Å². The van der Waals surface area contributed by atoms with Crippen molar-refractivity contribution in [2.45, 2.75) is 57.2 Å². The summed E-state index contributed by atoms with van der Waals surface area (Å²) in [6.07, 6.45) is 2.07. The van der Waals surface area contributed by atoms with Crippen molar-refractivity contribution in [2.75, 3.05) is 0 Å². The Bertz CT molecular complexity index is 446. The van der Waals surface area contributed by atoms with Crippen molar-refractivity contribution < 1.29 is 9.90 Å². The van der Waals surface area contributed by atoms with E-state index in [1.54, 1.807) is 0 Å². The third-order valence-electron chi connectivity index (χ3n) is 3.45. The van der Waals surface area contributed by atoms with E-state index in [1.807, 2.05) is 11.4 Å². The van der Waals surface area contributed by atoms with Crippen LogP contribution in [0.1, 0.15) is 55.8 Å². The lowest BCUT2D eigenvalue weighted by molar-refractivity contribution is -0.0614. The van der Waals surface area contributed by atoms with Gasteiger partial charge in [-0.15, -0.1) is 11.3 Å². The summed E-state index contributed by atoms with van der Waals surface area (Å²) in [4.78, 5) is 11.7. The molecule has 0 atom stereocenters. The van der Waals surface area contributed by atoms with Gasteiger partial charge in [-0.2, -0.15) is 0 Å². The van der Waals surface area contributed by atoms with Gasteiger partial charge in [0, 0.05) is 16.6 Å². The molecule has 1 aromatic heterocycles. The van der Waals surface area contributed by atoms with Gasteiger partial charge in [-0.25, -0.2) is 0 Å². The van der Waals surface area contributed by atoms with Gasteiger partial charge >= 0.3 is 0 Å². The first-order chi connectivity index (χ1) is 8.18. The predicted molar refractivity (Wildman–Crippen MR) is 74.1 cm³/mol. The molecule has 0 spiro atoms. The summed E-state index contributed by atoms with van der Waals surface area (Å²) in [5.41, 5.74) is -0.448. The van der Waals surface area contributed by atoms with Crippen LogP contribution in [0.5, 0.6) is 0 Å². The second kappa shape index (κ2) is 4.15. The van der Waals surface area contributed by atoms with E-state index in [0.717, 1.165) is 11.8 Å². The molecule has 1 aliphatic heterocycles. The topological polar surface area (TPSA) is 49.3 Å². The van der Waals surface area contributed by atoms with Gasteiger partial charge in [0.1, 0.15) is 0 Å². The van der Waals surface area contributed by atoms with Crippen molar-refractivity contribution in [2.24, 2.45) is 0 Å². The molecule has 2 N–H and O–H groups in total. The van der Waals surface area contributed by atoms with E-state index in [2.05, 4.69) is 33.0 Å². The van der Waals surface area contributed by atoms with Gasteiger partial charge in [-0.1, -0.05) is 0 Å². The number of thiophene rings is 1. The predicted octanol–water partition coefficient (Wildman–Crippen LogP) is 2.69. The lowest BCUT2D eigenvalue weighted by atomic mass is 9.70. The first kappa shape index (κ1) is 13.7. The molecule has 0 aromatic carbocycles. The van der Waals surface area contributed by atoms with Crippen LogP contribution in [-0.4, -0.2) is 22.5 Å². The van der Waals surface area contributed by atoms with Gasteiger partial charge in [0.15, 0.2) is 6.29 Å². The van der Waals surface area contributed by atoms with E-state index in [0.29, 0.717) is 17.7 Å². The minimum Gasteiger partial charge on any atom is -0.385 e. The zero-order valence-electron chi connectivity index (χ0n) is 11.4. The molecular formula is C14H21NO2S. The highest BCUT2D eigenvalue weighted by atomic mass is 32.1. The fraction of sp³-hybridized carbons (Fsp3) is 0.643. The van der Waals surface area contributed by atoms with E-state index >= 15 is 0 Å². The Morgan fingerprint density at radius 1 is 1.28 bits per heavy atom. The van der Waals surface area contributed by atoms with Crippen molar-refractivity contribution in [3.63, 3.8) is 0 Å². The molecule has 0 radical (unpaired) electrons. The maximum Gasteiger partial charge on any atom is 0.160 e. The standard InChI is InChI=1S/C14H21NO2S/c1-12(2)8-14(17,9-13(3,4)15-12)10-5-6-18-11(10)7-16/h5-7,15,17H,8-9H2,1-4H3. The highest BCUT2D eigenvalue weighted by Gasteiger charge is 2.47. The SMILES string of the molecule is CC1(C)CC(O)(c2ccsc2C=O)CC(C)(C)N1. The van der Waals surface area contributed by atoms with Crippen LogP contribution in [0.2, 0.25) is 0 Å². The Balaban J connectivity index is 2.44. The maximum absolute atomic E-state index is 11.1. The largest absolute Gasteiger partial charge is 0.385 e. The van der Waals surface area contributed by atoms with E-state index in [4.69, 9.17) is 0 Å². The van der Waals surface area contributed by atoms with Crippen molar-refractivity contribution >= 4 is 17.6 Å². The summed E-state index contributed by atoms with van der Waals surface area (Å²) in [6, 6.07) is 1.88. The summed E-state index contributed by atoms with van der Waals surface area (Å²) < 4.78 is 0. The summed E-state index contributed by atoms with van der Waals surface area (Å²) in [5, 5.41) is 16.4. The average Bonchev–Trinajstić information content (AvgIpc) is 2.59. The van der Waals surface area contributed by atoms with Crippen LogP contribution in [-0.2, 0) is 5.60 Å². The van der Waals surface area contributed by atoms with Crippen molar-refractivity contribution in [3.05, 3.63) is 21.9 Å². The maximum atomic E-state index is 11.1. The number of carbonyl (C=O) groups is 1. The molecule has 1 aromatic rings. The van der Waals surface area contributed by atoms with Crippen molar-refractivity contribution in [3.8, 4) is 0 Å². The smallest absolute Gasteiger partial charge is 0.160 e. The van der Waals surface area contributed by atoms with Crippen LogP contribution >= 0.6 is 11.3 Å². The molecule has 0 bridgehead atoms. The minimum atomic E-state index is -0.922. The Hall–Kier alpha value is -0.710. The van der Waals surface area contributed by atoms with Crippen LogP contribution in [0, 0.1) is 0 Å². The number of aliphatic hydroxyl groups is 1. The molecule has 0 amide bonds. The third-order valence-corrected chi connectivity index (χ3v) is 4.29. The molecule has 1 fully saturated rings. The van der Waals surface area contributed by atoms with Crippen LogP contribution < -0.4 is 5.32 Å². The lowest BCUT2D eigenvalue weighted by Gasteiger charge is -2.50. The molecule has 100 valence electrons. The molecule has 1 aliphatic rings. The Kier molecular flexibility index (Phi) is 3.16. The van der Waals surface area contributed by atoms with Crippen molar-refractivity contribution in [1.29, 1.82) is 0 Å². The monoisotopic (exact) mass is 267 g/mol. The fourth-order valence-electron chi connectivity index (χ4n) is 3.52. The average molecular weight is 267 g/mol. The van der Waals surface area contributed by atoms with E-state index in [-0.39, 0.29) is 11.1 Å². The van der Waals surface area contributed by atoms with Gasteiger partial charge in [-0.05, 0) is 52.0 Å². The molecule has 0 aliphatic carbocycles. The van der Waals surface area contributed by atoms with Crippen LogP contribution in [0.15, 0.2) is 11.4 Å². The van der Waals surface area contributed by atoms with E-state index < -0.39 is 5.60 Å². The molecule has 18 heavy (non-hydrogen) atoms. The van der Waals surface area contributed by atoms with Gasteiger partial charge in [-0.3, -0.25) is 4.79 Å². The lowest BCUT2D eigenvalue weighted by Crippen LogP contribution is -2.62. The molecule has 1 saturated heterocycles. The molecule has 0 unspecified atom stereocenters. The van der Waals surface area contributed by atoms with Crippen LogP contribution in [0.25, 0.3) is 0 Å². The molecule has 3 nitrogen and oxygen atoms in total. The normalized spacial score (nSPS) is 24.7. The number of carbonyl (C=O) groups excluding carboxylic acids is 1. The number of nitrogens with one attached hydrogen (secondary N) is 1. The van der Waals surface area contributed by atoms with Crippen LogP contribution in [0.3, 0.4) is 0 Å². The number of piperidine rings is 1. The summed E-state index contributed by atoms with van der Waals surface area (Å²) >= 11 is 1.39. The van der Waals surface area contributed by atoms with Gasteiger partial charge in [0.05, 0.1) is 10.5 Å². The van der Waals surface area contributed by atoms with Gasteiger partial charge in [0.25, 0.3) is 0 Å². The quantitative estimate of drug-likeness (QED) is 0.810. The fourth-order valence-corrected chi connectivity index (χ4v) is 4.31. The number of hydrogen-bond acceptors (Lipinski definition) is 4. The minimum absolute atomic E-state index is 0.154. The summed E-state index contributed by atoms with van der Waals surface area (Å²) in [6.45, 7) is 8.36. The first-order valence-corrected chi connectivity index (χ1v) is 7.10. The third kappa shape index (κ3) is 2.51. The highest BCUT2D eigenvalue weighted by molar-refractivity contribution is 7.11. The molecular weight excluding hydrogens is 246 g/mol. The Morgan fingerprint density at radius 3 is 2.33 bits per heavy atom. The molecule has 0 saturated carbocycles. The van der Waals surface area contributed by atoms with Gasteiger partial charge < -0.3 is 10.4 Å². The second-order valence-electron chi connectivity index (χ2n) is 6.59. The Labute approximate surface area is 112 Å². The molecule has 4 heteroatoms. The summed E-state index contributed by atoms with van der Waals surface area (Å²) in [5.74, 6) is 0. The zero-order valence-corrected chi connectivity index (χ0v) is 12.2. The van der Waals surface area contributed by atoms with Gasteiger partial charge in [0.2, 0.25) is 0 Å². The highest BCUT2D eigenvalue weighted by Crippen LogP contribution is 2.44.